The lowest BCUT2D eigenvalue weighted by atomic mass is 10.2. The molecule has 1 unspecified atom stereocenters. The third kappa shape index (κ3) is 5.40. The van der Waals surface area contributed by atoms with Crippen LogP contribution >= 0.6 is 24.8 Å². The molecule has 0 saturated carbocycles. The average Bonchev–Trinajstić information content (AvgIpc) is 2.92. The number of amides is 1. The van der Waals surface area contributed by atoms with Crippen LogP contribution in [0, 0.1) is 0 Å². The number of hydrogen-bond donors (Lipinski definition) is 1. The summed E-state index contributed by atoms with van der Waals surface area (Å²) in [5.74, 6) is -4.00. The molecular formula is C12H21Cl2F4N3O. The van der Waals surface area contributed by atoms with Gasteiger partial charge in [-0.05, 0) is 19.4 Å². The van der Waals surface area contributed by atoms with Crippen LogP contribution in [0.3, 0.4) is 0 Å². The van der Waals surface area contributed by atoms with Gasteiger partial charge in [-0.15, -0.1) is 24.8 Å². The van der Waals surface area contributed by atoms with Crippen LogP contribution in [-0.2, 0) is 4.79 Å². The van der Waals surface area contributed by atoms with Crippen LogP contribution in [0.5, 0.6) is 0 Å². The number of nitrogens with zero attached hydrogens (tertiary/aromatic N) is 2. The van der Waals surface area contributed by atoms with E-state index in [9.17, 15) is 22.4 Å². The van der Waals surface area contributed by atoms with Crippen molar-refractivity contribution in [3.63, 3.8) is 0 Å². The summed E-state index contributed by atoms with van der Waals surface area (Å²) in [4.78, 5) is 15.0. The number of nitrogens with one attached hydrogen (secondary N) is 1. The van der Waals surface area contributed by atoms with Crippen molar-refractivity contribution in [1.82, 2.24) is 15.1 Å². The highest BCUT2D eigenvalue weighted by molar-refractivity contribution is 5.85. The Balaban J connectivity index is 0.00000220. The van der Waals surface area contributed by atoms with Crippen LogP contribution in [0.25, 0.3) is 0 Å². The molecule has 2 aliphatic rings. The number of carbonyl (C=O) groups excluding carboxylic acids is 1. The molecule has 0 spiro atoms. The van der Waals surface area contributed by atoms with E-state index in [2.05, 4.69) is 5.32 Å². The summed E-state index contributed by atoms with van der Waals surface area (Å²) in [5.41, 5.74) is 0. The summed E-state index contributed by atoms with van der Waals surface area (Å²) in [5, 5.41) is 3.09. The first-order chi connectivity index (χ1) is 9.40. The number of rotatable bonds is 4. The quantitative estimate of drug-likeness (QED) is 0.765. The molecule has 1 amide bonds. The molecule has 1 atom stereocenters. The normalized spacial score (nSPS) is 23.1. The molecule has 4 nitrogen and oxygen atoms in total. The molecule has 0 aromatic carbocycles. The molecule has 0 bridgehead atoms. The van der Waals surface area contributed by atoms with Crippen molar-refractivity contribution >= 4 is 30.7 Å². The highest BCUT2D eigenvalue weighted by Crippen LogP contribution is 2.24. The van der Waals surface area contributed by atoms with Crippen molar-refractivity contribution in [2.75, 3.05) is 39.3 Å². The standard InChI is InChI=1S/C12H19F4N3O.2ClH/c13-11(14)12(15,16)8-18-4-6-19(7-5-18)10(20)9-2-1-3-17-9;;/h9,11,17H,1-8H2;2*1H. The van der Waals surface area contributed by atoms with Gasteiger partial charge in [0.1, 0.15) is 0 Å². The van der Waals surface area contributed by atoms with E-state index < -0.39 is 18.9 Å². The van der Waals surface area contributed by atoms with Crippen molar-refractivity contribution in [2.24, 2.45) is 0 Å². The minimum absolute atomic E-state index is 0. The molecule has 2 fully saturated rings. The van der Waals surface area contributed by atoms with E-state index in [0.717, 1.165) is 19.4 Å². The summed E-state index contributed by atoms with van der Waals surface area (Å²) in [7, 11) is 0. The van der Waals surface area contributed by atoms with E-state index in [-0.39, 0.29) is 49.9 Å². The molecule has 2 rings (SSSR count). The van der Waals surface area contributed by atoms with Crippen molar-refractivity contribution < 1.29 is 22.4 Å². The molecule has 0 radical (unpaired) electrons. The maximum atomic E-state index is 13.0. The Morgan fingerprint density at radius 3 is 2.23 bits per heavy atom. The van der Waals surface area contributed by atoms with Gasteiger partial charge in [0.2, 0.25) is 5.91 Å². The van der Waals surface area contributed by atoms with Gasteiger partial charge in [-0.3, -0.25) is 9.69 Å². The van der Waals surface area contributed by atoms with Crippen molar-refractivity contribution in [1.29, 1.82) is 0 Å². The van der Waals surface area contributed by atoms with Gasteiger partial charge in [-0.1, -0.05) is 0 Å². The van der Waals surface area contributed by atoms with Gasteiger partial charge in [0.15, 0.2) is 0 Å². The zero-order chi connectivity index (χ0) is 14.8. The number of hydrogen-bond acceptors (Lipinski definition) is 3. The fourth-order valence-corrected chi connectivity index (χ4v) is 2.61. The number of alkyl halides is 4. The third-order valence-corrected chi connectivity index (χ3v) is 3.80. The molecule has 0 aromatic heterocycles. The average molecular weight is 370 g/mol. The lowest BCUT2D eigenvalue weighted by Gasteiger charge is -2.37. The van der Waals surface area contributed by atoms with Gasteiger partial charge in [0.05, 0.1) is 12.6 Å². The second-order valence-corrected chi connectivity index (χ2v) is 5.31. The Labute approximate surface area is 139 Å². The van der Waals surface area contributed by atoms with Gasteiger partial charge >= 0.3 is 12.3 Å². The molecule has 2 saturated heterocycles. The summed E-state index contributed by atoms with van der Waals surface area (Å²) in [6.45, 7) is 0.916. The molecule has 0 aromatic rings. The number of halogens is 6. The summed E-state index contributed by atoms with van der Waals surface area (Å²) < 4.78 is 50.2. The first kappa shape index (κ1) is 21.7. The van der Waals surface area contributed by atoms with Crippen LogP contribution in [-0.4, -0.2) is 73.4 Å². The third-order valence-electron chi connectivity index (χ3n) is 3.80. The topological polar surface area (TPSA) is 35.6 Å². The maximum Gasteiger partial charge on any atom is 0.319 e. The zero-order valence-corrected chi connectivity index (χ0v) is 13.6. The predicted octanol–water partition coefficient (Wildman–Crippen LogP) is 1.63. The molecule has 1 N–H and O–H groups in total. The van der Waals surface area contributed by atoms with Crippen LogP contribution in [0.2, 0.25) is 0 Å². The second kappa shape index (κ2) is 9.10. The molecule has 10 heteroatoms. The summed E-state index contributed by atoms with van der Waals surface area (Å²) >= 11 is 0. The Morgan fingerprint density at radius 2 is 1.77 bits per heavy atom. The molecule has 2 heterocycles. The van der Waals surface area contributed by atoms with Gasteiger partial charge < -0.3 is 10.2 Å². The lowest BCUT2D eigenvalue weighted by Crippen LogP contribution is -2.55. The van der Waals surface area contributed by atoms with E-state index in [1.807, 2.05) is 0 Å². The Hall–Kier alpha value is -0.310. The van der Waals surface area contributed by atoms with Gasteiger partial charge in [-0.25, -0.2) is 8.78 Å². The Bertz CT molecular complexity index is 349. The van der Waals surface area contributed by atoms with E-state index >= 15 is 0 Å². The van der Waals surface area contributed by atoms with E-state index in [4.69, 9.17) is 0 Å². The first-order valence-corrected chi connectivity index (χ1v) is 6.80. The molecule has 2 aliphatic heterocycles. The van der Waals surface area contributed by atoms with E-state index in [1.165, 1.54) is 4.90 Å². The van der Waals surface area contributed by atoms with Crippen LogP contribution < -0.4 is 5.32 Å². The summed E-state index contributed by atoms with van der Waals surface area (Å²) in [6, 6.07) is -0.177. The molecule has 132 valence electrons. The highest BCUT2D eigenvalue weighted by Gasteiger charge is 2.43. The van der Waals surface area contributed by atoms with Crippen LogP contribution in [0.1, 0.15) is 12.8 Å². The number of piperazine rings is 1. The monoisotopic (exact) mass is 369 g/mol. The van der Waals surface area contributed by atoms with Crippen molar-refractivity contribution in [3.8, 4) is 0 Å². The van der Waals surface area contributed by atoms with Gasteiger partial charge in [0.25, 0.3) is 0 Å². The lowest BCUT2D eigenvalue weighted by molar-refractivity contribution is -0.148. The smallest absolute Gasteiger partial charge is 0.319 e. The Kier molecular flexibility index (Phi) is 8.97. The van der Waals surface area contributed by atoms with Crippen LogP contribution in [0.15, 0.2) is 0 Å². The molecule has 22 heavy (non-hydrogen) atoms. The maximum absolute atomic E-state index is 13.0. The fourth-order valence-electron chi connectivity index (χ4n) is 2.61. The van der Waals surface area contributed by atoms with Crippen LogP contribution in [0.4, 0.5) is 17.6 Å². The largest absolute Gasteiger partial charge is 0.339 e. The zero-order valence-electron chi connectivity index (χ0n) is 11.9. The van der Waals surface area contributed by atoms with Crippen molar-refractivity contribution in [3.05, 3.63) is 0 Å². The van der Waals surface area contributed by atoms with Gasteiger partial charge in [0, 0.05) is 26.2 Å². The van der Waals surface area contributed by atoms with Gasteiger partial charge in [-0.2, -0.15) is 8.78 Å². The van der Waals surface area contributed by atoms with E-state index in [1.54, 1.807) is 4.90 Å². The summed E-state index contributed by atoms with van der Waals surface area (Å²) in [6.07, 6.45) is -1.90. The minimum Gasteiger partial charge on any atom is -0.339 e. The fraction of sp³-hybridized carbons (Fsp3) is 0.917. The Morgan fingerprint density at radius 1 is 1.18 bits per heavy atom. The van der Waals surface area contributed by atoms with Crippen molar-refractivity contribution in [2.45, 2.75) is 31.2 Å². The first-order valence-electron chi connectivity index (χ1n) is 6.80. The highest BCUT2D eigenvalue weighted by atomic mass is 35.5. The molecule has 0 aliphatic carbocycles. The number of carbonyl (C=O) groups is 1. The second-order valence-electron chi connectivity index (χ2n) is 5.31. The minimum atomic E-state index is -3.99. The van der Waals surface area contributed by atoms with E-state index in [0.29, 0.717) is 13.1 Å². The predicted molar refractivity (Wildman–Crippen MR) is 79.5 cm³/mol. The SMILES string of the molecule is Cl.Cl.O=C(C1CCCN1)N1CCN(CC(F)(F)C(F)F)CC1. The molecular weight excluding hydrogens is 349 g/mol.